The predicted octanol–water partition coefficient (Wildman–Crippen LogP) is 6.07. The highest BCUT2D eigenvalue weighted by Gasteiger charge is 2.37. The molecule has 210 valence electrons. The summed E-state index contributed by atoms with van der Waals surface area (Å²) in [5.41, 5.74) is 1.65. The summed E-state index contributed by atoms with van der Waals surface area (Å²) in [5, 5.41) is 13.6. The van der Waals surface area contributed by atoms with E-state index >= 15 is 0 Å². The number of carbonyl (C=O) groups is 3. The number of halogens is 1. The van der Waals surface area contributed by atoms with Crippen molar-refractivity contribution in [3.05, 3.63) is 134 Å². The number of nitro benzene ring substituents is 1. The van der Waals surface area contributed by atoms with Gasteiger partial charge in [-0.15, -0.1) is 0 Å². The molecule has 11 heteroatoms. The lowest BCUT2D eigenvalue weighted by atomic mass is 10.1. The van der Waals surface area contributed by atoms with Gasteiger partial charge >= 0.3 is 6.03 Å². The maximum absolute atomic E-state index is 13.4. The summed E-state index contributed by atoms with van der Waals surface area (Å²) in [6.07, 6.45) is 1.28. The van der Waals surface area contributed by atoms with Crippen molar-refractivity contribution in [3.63, 3.8) is 0 Å². The minimum absolute atomic E-state index is 0.0249. The molecule has 1 heterocycles. The lowest BCUT2D eigenvalue weighted by Gasteiger charge is -2.26. The molecule has 0 saturated carbocycles. The van der Waals surface area contributed by atoms with Crippen LogP contribution in [0.15, 0.2) is 103 Å². The predicted molar refractivity (Wildman–Crippen MR) is 155 cm³/mol. The van der Waals surface area contributed by atoms with Crippen LogP contribution in [-0.2, 0) is 22.8 Å². The lowest BCUT2D eigenvalue weighted by Crippen LogP contribution is -2.54. The van der Waals surface area contributed by atoms with Crippen molar-refractivity contribution in [2.24, 2.45) is 0 Å². The Labute approximate surface area is 244 Å². The number of nitro groups is 1. The number of urea groups is 1. The number of nitrogens with one attached hydrogen (secondary N) is 1. The first-order valence-electron chi connectivity index (χ1n) is 12.6. The minimum Gasteiger partial charge on any atom is -0.489 e. The molecule has 0 spiro atoms. The number of non-ortho nitro benzene ring substituents is 1. The summed E-state index contributed by atoms with van der Waals surface area (Å²) in [4.78, 5) is 50.3. The second kappa shape index (κ2) is 12.4. The van der Waals surface area contributed by atoms with Gasteiger partial charge in [-0.2, -0.15) is 0 Å². The Morgan fingerprint density at radius 1 is 0.833 bits per heavy atom. The highest BCUT2D eigenvalue weighted by Crippen LogP contribution is 2.29. The second-order valence-electron chi connectivity index (χ2n) is 9.12. The molecule has 0 aliphatic carbocycles. The SMILES string of the molecule is O=C1NC(=O)N(c2ccc(OCc3ccccc3)cc2)C(=O)/C1=C/c1cc(Cl)ccc1OCc1cccc([N+](=O)[O-])c1. The number of anilines is 1. The van der Waals surface area contributed by atoms with Crippen molar-refractivity contribution in [2.75, 3.05) is 4.90 Å². The smallest absolute Gasteiger partial charge is 0.335 e. The van der Waals surface area contributed by atoms with E-state index in [0.29, 0.717) is 28.5 Å². The second-order valence-corrected chi connectivity index (χ2v) is 9.56. The molecular formula is C31H22ClN3O7. The third-order valence-electron chi connectivity index (χ3n) is 6.23. The molecule has 1 saturated heterocycles. The van der Waals surface area contributed by atoms with E-state index in [1.165, 1.54) is 36.4 Å². The van der Waals surface area contributed by atoms with E-state index in [4.69, 9.17) is 21.1 Å². The van der Waals surface area contributed by atoms with Gasteiger partial charge in [-0.25, -0.2) is 9.69 Å². The van der Waals surface area contributed by atoms with E-state index in [1.807, 2.05) is 30.3 Å². The molecule has 0 aromatic heterocycles. The number of barbiturate groups is 1. The zero-order chi connectivity index (χ0) is 29.6. The maximum Gasteiger partial charge on any atom is 0.335 e. The van der Waals surface area contributed by atoms with Gasteiger partial charge in [-0.05, 0) is 59.7 Å². The lowest BCUT2D eigenvalue weighted by molar-refractivity contribution is -0.384. The third-order valence-corrected chi connectivity index (χ3v) is 6.47. The fourth-order valence-corrected chi connectivity index (χ4v) is 4.34. The summed E-state index contributed by atoms with van der Waals surface area (Å²) in [7, 11) is 0. The Morgan fingerprint density at radius 2 is 1.55 bits per heavy atom. The zero-order valence-corrected chi connectivity index (χ0v) is 22.6. The molecule has 4 amide bonds. The highest BCUT2D eigenvalue weighted by molar-refractivity contribution is 6.39. The number of nitrogens with zero attached hydrogens (tertiary/aromatic N) is 2. The van der Waals surface area contributed by atoms with E-state index < -0.39 is 22.8 Å². The molecule has 10 nitrogen and oxygen atoms in total. The first kappa shape index (κ1) is 28.1. The number of benzene rings is 4. The molecule has 4 aromatic carbocycles. The average Bonchev–Trinajstić information content (AvgIpc) is 2.99. The van der Waals surface area contributed by atoms with Crippen LogP contribution in [0, 0.1) is 10.1 Å². The molecule has 4 aromatic rings. The standard InChI is InChI=1S/C31H22ClN3O7/c32-23-9-14-28(42-19-21-7-4-8-25(15-21)35(39)40)22(16-23)17-27-29(36)33-31(38)34(30(27)37)24-10-12-26(13-11-24)41-18-20-5-2-1-3-6-20/h1-17H,18-19H2,(H,33,36,38)/b27-17+. The van der Waals surface area contributed by atoms with Crippen molar-refractivity contribution in [2.45, 2.75) is 13.2 Å². The maximum atomic E-state index is 13.4. The van der Waals surface area contributed by atoms with Crippen LogP contribution in [0.4, 0.5) is 16.2 Å². The normalized spacial score (nSPS) is 14.1. The van der Waals surface area contributed by atoms with Gasteiger partial charge in [0, 0.05) is 22.7 Å². The molecule has 42 heavy (non-hydrogen) atoms. The van der Waals surface area contributed by atoms with Crippen molar-refractivity contribution in [1.29, 1.82) is 0 Å². The van der Waals surface area contributed by atoms with Crippen LogP contribution in [-0.4, -0.2) is 22.8 Å². The van der Waals surface area contributed by atoms with Gasteiger partial charge in [0.25, 0.3) is 17.5 Å². The van der Waals surface area contributed by atoms with Gasteiger partial charge in [0.15, 0.2) is 0 Å². The molecule has 1 fully saturated rings. The van der Waals surface area contributed by atoms with Crippen LogP contribution in [0.5, 0.6) is 11.5 Å². The first-order valence-corrected chi connectivity index (χ1v) is 13.0. The summed E-state index contributed by atoms with van der Waals surface area (Å²) < 4.78 is 11.6. The van der Waals surface area contributed by atoms with E-state index in [2.05, 4.69) is 5.32 Å². The molecular weight excluding hydrogens is 562 g/mol. The van der Waals surface area contributed by atoms with E-state index in [9.17, 15) is 24.5 Å². The number of amides is 4. The number of ether oxygens (including phenoxy) is 2. The number of imide groups is 2. The van der Waals surface area contributed by atoms with Gasteiger partial charge in [-0.3, -0.25) is 25.0 Å². The zero-order valence-electron chi connectivity index (χ0n) is 21.9. The summed E-state index contributed by atoms with van der Waals surface area (Å²) in [5.74, 6) is -0.925. The van der Waals surface area contributed by atoms with Crippen LogP contribution >= 0.6 is 11.6 Å². The average molecular weight is 584 g/mol. The fraction of sp³-hybridized carbons (Fsp3) is 0.0645. The fourth-order valence-electron chi connectivity index (χ4n) is 4.16. The van der Waals surface area contributed by atoms with Crippen LogP contribution in [0.3, 0.4) is 0 Å². The summed E-state index contributed by atoms with van der Waals surface area (Å²) in [6.45, 7) is 0.318. The van der Waals surface area contributed by atoms with E-state index in [-0.39, 0.29) is 29.3 Å². The van der Waals surface area contributed by atoms with Crippen molar-refractivity contribution >= 4 is 46.9 Å². The molecule has 5 rings (SSSR count). The first-order chi connectivity index (χ1) is 20.3. The van der Waals surface area contributed by atoms with Crippen molar-refractivity contribution < 1.29 is 28.8 Å². The van der Waals surface area contributed by atoms with Crippen LogP contribution in [0.2, 0.25) is 5.02 Å². The Hall–Kier alpha value is -5.48. The summed E-state index contributed by atoms with van der Waals surface area (Å²) >= 11 is 6.19. The van der Waals surface area contributed by atoms with E-state index in [1.54, 1.807) is 36.4 Å². The Kier molecular flexibility index (Phi) is 8.26. The number of hydrogen-bond donors (Lipinski definition) is 1. The van der Waals surface area contributed by atoms with Gasteiger partial charge in [0.1, 0.15) is 30.3 Å². The van der Waals surface area contributed by atoms with Gasteiger partial charge in [0.2, 0.25) is 0 Å². The molecule has 0 bridgehead atoms. The Morgan fingerprint density at radius 3 is 2.29 bits per heavy atom. The third kappa shape index (κ3) is 6.45. The van der Waals surface area contributed by atoms with Crippen LogP contribution in [0.1, 0.15) is 16.7 Å². The molecule has 0 unspecified atom stereocenters. The summed E-state index contributed by atoms with van der Waals surface area (Å²) in [6, 6.07) is 25.6. The van der Waals surface area contributed by atoms with Crippen molar-refractivity contribution in [1.82, 2.24) is 5.32 Å². The van der Waals surface area contributed by atoms with Gasteiger partial charge < -0.3 is 9.47 Å². The Bertz CT molecular complexity index is 1710. The van der Waals surface area contributed by atoms with E-state index in [0.717, 1.165) is 10.5 Å². The largest absolute Gasteiger partial charge is 0.489 e. The monoisotopic (exact) mass is 583 g/mol. The van der Waals surface area contributed by atoms with Crippen LogP contribution in [0.25, 0.3) is 6.08 Å². The number of carbonyl (C=O) groups excluding carboxylic acids is 3. The van der Waals surface area contributed by atoms with Crippen LogP contribution < -0.4 is 19.7 Å². The minimum atomic E-state index is -0.895. The topological polar surface area (TPSA) is 128 Å². The molecule has 1 aliphatic rings. The number of hydrogen-bond acceptors (Lipinski definition) is 7. The highest BCUT2D eigenvalue weighted by atomic mass is 35.5. The molecule has 1 N–H and O–H groups in total. The Balaban J connectivity index is 1.36. The quantitative estimate of drug-likeness (QED) is 0.110. The molecule has 0 radical (unpaired) electrons. The van der Waals surface area contributed by atoms with Gasteiger partial charge in [0.05, 0.1) is 10.6 Å². The molecule has 1 aliphatic heterocycles. The van der Waals surface area contributed by atoms with Crippen molar-refractivity contribution in [3.8, 4) is 11.5 Å². The van der Waals surface area contributed by atoms with Gasteiger partial charge in [-0.1, -0.05) is 54.1 Å². The molecule has 0 atom stereocenters. The number of rotatable bonds is 9.